The van der Waals surface area contributed by atoms with E-state index in [4.69, 9.17) is 16.3 Å². The first kappa shape index (κ1) is 14.2. The van der Waals surface area contributed by atoms with Crippen molar-refractivity contribution >= 4 is 17.5 Å². The van der Waals surface area contributed by atoms with E-state index in [1.54, 1.807) is 11.0 Å². The predicted octanol–water partition coefficient (Wildman–Crippen LogP) is 1.88. The van der Waals surface area contributed by atoms with Gasteiger partial charge in [0.15, 0.2) is 0 Å². The molecule has 5 heteroatoms. The molecule has 0 bridgehead atoms. The SMILES string of the molecule is CCN(C)C(=O)CN1CC(Oc2cccc(Cl)c2)C1. The number of carbonyl (C=O) groups excluding carboxylic acids is 1. The lowest BCUT2D eigenvalue weighted by atomic mass is 10.1. The van der Waals surface area contributed by atoms with E-state index in [9.17, 15) is 4.79 Å². The van der Waals surface area contributed by atoms with E-state index in [2.05, 4.69) is 4.90 Å². The maximum absolute atomic E-state index is 11.7. The molecule has 0 aliphatic carbocycles. The highest BCUT2D eigenvalue weighted by molar-refractivity contribution is 6.30. The molecule has 0 atom stereocenters. The van der Waals surface area contributed by atoms with E-state index in [1.165, 1.54) is 0 Å². The first-order chi connectivity index (χ1) is 9.08. The number of halogens is 1. The second-order valence-corrected chi connectivity index (χ2v) is 5.24. The van der Waals surface area contributed by atoms with Gasteiger partial charge in [-0.25, -0.2) is 0 Å². The fraction of sp³-hybridized carbons (Fsp3) is 0.500. The highest BCUT2D eigenvalue weighted by atomic mass is 35.5. The summed E-state index contributed by atoms with van der Waals surface area (Å²) in [5.74, 6) is 0.942. The average Bonchev–Trinajstić information content (AvgIpc) is 2.35. The predicted molar refractivity (Wildman–Crippen MR) is 75.6 cm³/mol. The molecule has 4 nitrogen and oxygen atoms in total. The number of carbonyl (C=O) groups is 1. The van der Waals surface area contributed by atoms with Crippen LogP contribution in [0.4, 0.5) is 0 Å². The Balaban J connectivity index is 1.73. The Hall–Kier alpha value is -1.26. The van der Waals surface area contributed by atoms with Crippen LogP contribution in [0.3, 0.4) is 0 Å². The number of rotatable bonds is 5. The van der Waals surface area contributed by atoms with E-state index in [0.29, 0.717) is 11.6 Å². The minimum absolute atomic E-state index is 0.151. The van der Waals surface area contributed by atoms with Gasteiger partial charge in [-0.1, -0.05) is 17.7 Å². The zero-order valence-electron chi connectivity index (χ0n) is 11.3. The van der Waals surface area contributed by atoms with E-state index >= 15 is 0 Å². The summed E-state index contributed by atoms with van der Waals surface area (Å²) < 4.78 is 5.78. The van der Waals surface area contributed by atoms with Crippen LogP contribution in [0.1, 0.15) is 6.92 Å². The summed E-state index contributed by atoms with van der Waals surface area (Å²) in [6.07, 6.45) is 0.151. The molecule has 0 radical (unpaired) electrons. The lowest BCUT2D eigenvalue weighted by Gasteiger charge is -2.39. The van der Waals surface area contributed by atoms with Crippen molar-refractivity contribution < 1.29 is 9.53 Å². The summed E-state index contributed by atoms with van der Waals surface area (Å²) in [5.41, 5.74) is 0. The molecule has 1 fully saturated rings. The second-order valence-electron chi connectivity index (χ2n) is 4.80. The summed E-state index contributed by atoms with van der Waals surface area (Å²) in [5, 5.41) is 0.674. The largest absolute Gasteiger partial charge is 0.488 e. The molecule has 0 N–H and O–H groups in total. The van der Waals surface area contributed by atoms with Crippen molar-refractivity contribution in [3.8, 4) is 5.75 Å². The summed E-state index contributed by atoms with van der Waals surface area (Å²) in [7, 11) is 1.82. The first-order valence-electron chi connectivity index (χ1n) is 6.47. The van der Waals surface area contributed by atoms with Crippen LogP contribution < -0.4 is 4.74 Å². The van der Waals surface area contributed by atoms with Crippen LogP contribution in [0.15, 0.2) is 24.3 Å². The van der Waals surface area contributed by atoms with Gasteiger partial charge in [-0.05, 0) is 25.1 Å². The highest BCUT2D eigenvalue weighted by Crippen LogP contribution is 2.21. The Morgan fingerprint density at radius 2 is 2.26 bits per heavy atom. The minimum atomic E-state index is 0.151. The van der Waals surface area contributed by atoms with Crippen molar-refractivity contribution in [2.45, 2.75) is 13.0 Å². The fourth-order valence-electron chi connectivity index (χ4n) is 1.95. The van der Waals surface area contributed by atoms with Crippen LogP contribution in [0, 0.1) is 0 Å². The van der Waals surface area contributed by atoms with Gasteiger partial charge in [0, 0.05) is 31.7 Å². The van der Waals surface area contributed by atoms with E-state index < -0.39 is 0 Å². The molecule has 1 amide bonds. The van der Waals surface area contributed by atoms with Crippen LogP contribution in [-0.4, -0.2) is 55.0 Å². The van der Waals surface area contributed by atoms with Gasteiger partial charge in [0.1, 0.15) is 11.9 Å². The molecule has 2 rings (SSSR count). The molecular formula is C14H19ClN2O2. The molecule has 1 heterocycles. The summed E-state index contributed by atoms with van der Waals surface area (Å²) in [6.45, 7) is 4.76. The number of hydrogen-bond acceptors (Lipinski definition) is 3. The summed E-state index contributed by atoms with van der Waals surface area (Å²) in [4.78, 5) is 15.5. The Labute approximate surface area is 118 Å². The van der Waals surface area contributed by atoms with E-state index in [0.717, 1.165) is 25.4 Å². The monoisotopic (exact) mass is 282 g/mol. The standard InChI is InChI=1S/C14H19ClN2O2/c1-3-16(2)14(18)10-17-8-13(9-17)19-12-6-4-5-11(15)7-12/h4-7,13H,3,8-10H2,1-2H3. The van der Waals surface area contributed by atoms with Crippen molar-refractivity contribution in [2.24, 2.45) is 0 Å². The number of likely N-dealkylation sites (N-methyl/N-ethyl adjacent to an activating group) is 1. The van der Waals surface area contributed by atoms with Crippen molar-refractivity contribution in [2.75, 3.05) is 33.2 Å². The van der Waals surface area contributed by atoms with Crippen molar-refractivity contribution in [3.63, 3.8) is 0 Å². The zero-order valence-corrected chi connectivity index (χ0v) is 12.1. The third-order valence-electron chi connectivity index (χ3n) is 3.28. The Bertz CT molecular complexity index is 447. The maximum Gasteiger partial charge on any atom is 0.236 e. The van der Waals surface area contributed by atoms with Crippen LogP contribution in [0.2, 0.25) is 5.02 Å². The number of benzene rings is 1. The van der Waals surface area contributed by atoms with Crippen LogP contribution in [-0.2, 0) is 4.79 Å². The van der Waals surface area contributed by atoms with Crippen molar-refractivity contribution in [1.82, 2.24) is 9.80 Å². The smallest absolute Gasteiger partial charge is 0.236 e. The number of amides is 1. The topological polar surface area (TPSA) is 32.8 Å². The van der Waals surface area contributed by atoms with Gasteiger partial charge in [-0.2, -0.15) is 0 Å². The maximum atomic E-state index is 11.7. The van der Waals surface area contributed by atoms with Crippen LogP contribution >= 0.6 is 11.6 Å². The molecule has 0 saturated carbocycles. The summed E-state index contributed by atoms with van der Waals surface area (Å²) in [6, 6.07) is 7.39. The van der Waals surface area contributed by atoms with Crippen molar-refractivity contribution in [1.29, 1.82) is 0 Å². The van der Waals surface area contributed by atoms with Crippen LogP contribution in [0.5, 0.6) is 5.75 Å². The Morgan fingerprint density at radius 3 is 2.89 bits per heavy atom. The molecule has 0 unspecified atom stereocenters. The minimum Gasteiger partial charge on any atom is -0.488 e. The molecule has 19 heavy (non-hydrogen) atoms. The van der Waals surface area contributed by atoms with E-state index in [-0.39, 0.29) is 12.0 Å². The molecule has 0 spiro atoms. The second kappa shape index (κ2) is 6.26. The number of ether oxygens (including phenoxy) is 1. The third kappa shape index (κ3) is 3.85. The van der Waals surface area contributed by atoms with Gasteiger partial charge < -0.3 is 9.64 Å². The van der Waals surface area contributed by atoms with Gasteiger partial charge in [0.25, 0.3) is 0 Å². The molecule has 0 aromatic heterocycles. The van der Waals surface area contributed by atoms with E-state index in [1.807, 2.05) is 32.2 Å². The Morgan fingerprint density at radius 1 is 1.53 bits per heavy atom. The number of hydrogen-bond donors (Lipinski definition) is 0. The lowest BCUT2D eigenvalue weighted by Crippen LogP contribution is -2.56. The quantitative estimate of drug-likeness (QED) is 0.827. The molecular weight excluding hydrogens is 264 g/mol. The van der Waals surface area contributed by atoms with Gasteiger partial charge in [0.05, 0.1) is 6.54 Å². The fourth-order valence-corrected chi connectivity index (χ4v) is 2.13. The van der Waals surface area contributed by atoms with Crippen molar-refractivity contribution in [3.05, 3.63) is 29.3 Å². The van der Waals surface area contributed by atoms with Gasteiger partial charge in [-0.15, -0.1) is 0 Å². The first-order valence-corrected chi connectivity index (χ1v) is 6.85. The number of nitrogens with zero attached hydrogens (tertiary/aromatic N) is 2. The van der Waals surface area contributed by atoms with Gasteiger partial charge in [-0.3, -0.25) is 9.69 Å². The normalized spacial score (nSPS) is 15.9. The molecule has 104 valence electrons. The average molecular weight is 283 g/mol. The van der Waals surface area contributed by atoms with Gasteiger partial charge >= 0.3 is 0 Å². The highest BCUT2D eigenvalue weighted by Gasteiger charge is 2.30. The third-order valence-corrected chi connectivity index (χ3v) is 3.52. The van der Waals surface area contributed by atoms with Gasteiger partial charge in [0.2, 0.25) is 5.91 Å². The number of likely N-dealkylation sites (tertiary alicyclic amines) is 1. The van der Waals surface area contributed by atoms with Crippen LogP contribution in [0.25, 0.3) is 0 Å². The molecule has 1 aromatic carbocycles. The molecule has 1 aliphatic rings. The molecule has 1 aromatic rings. The molecule has 1 aliphatic heterocycles. The summed E-state index contributed by atoms with van der Waals surface area (Å²) >= 11 is 5.90. The lowest BCUT2D eigenvalue weighted by molar-refractivity contribution is -0.133. The Kier molecular flexibility index (Phi) is 4.66. The molecule has 1 saturated heterocycles. The zero-order chi connectivity index (χ0) is 13.8.